The third kappa shape index (κ3) is 4.16. The molecule has 0 radical (unpaired) electrons. The van der Waals surface area contributed by atoms with Crippen molar-refractivity contribution >= 4 is 11.8 Å². The number of para-hydroxylation sites is 1. The summed E-state index contributed by atoms with van der Waals surface area (Å²) in [4.78, 5) is 16.5. The van der Waals surface area contributed by atoms with Gasteiger partial charge in [-0.1, -0.05) is 36.4 Å². The second kappa shape index (κ2) is 8.11. The number of nitrogens with zero attached hydrogens (tertiary/aromatic N) is 1. The van der Waals surface area contributed by atoms with Gasteiger partial charge >= 0.3 is 6.03 Å². The summed E-state index contributed by atoms with van der Waals surface area (Å²) in [6.45, 7) is 0.0880. The number of ether oxygens (including phenoxy) is 1. The van der Waals surface area contributed by atoms with Crippen LogP contribution < -0.4 is 15.4 Å². The van der Waals surface area contributed by atoms with Gasteiger partial charge in [-0.3, -0.25) is 5.32 Å². The summed E-state index contributed by atoms with van der Waals surface area (Å²) >= 11 is 0. The van der Waals surface area contributed by atoms with E-state index in [9.17, 15) is 9.18 Å². The third-order valence-electron chi connectivity index (χ3n) is 3.77. The van der Waals surface area contributed by atoms with Crippen LogP contribution in [0.15, 0.2) is 66.7 Å². The second-order valence-electron chi connectivity index (χ2n) is 5.51. The molecule has 2 aromatic carbocycles. The van der Waals surface area contributed by atoms with Gasteiger partial charge in [0.25, 0.3) is 0 Å². The van der Waals surface area contributed by atoms with E-state index in [2.05, 4.69) is 15.6 Å². The maximum atomic E-state index is 13.6. The molecule has 0 saturated heterocycles. The monoisotopic (exact) mass is 351 g/mol. The van der Waals surface area contributed by atoms with Gasteiger partial charge in [-0.05, 0) is 30.3 Å². The maximum absolute atomic E-state index is 13.6. The van der Waals surface area contributed by atoms with Gasteiger partial charge in [0, 0.05) is 17.7 Å². The lowest BCUT2D eigenvalue weighted by atomic mass is 10.1. The molecule has 2 amide bonds. The average Bonchev–Trinajstić information content (AvgIpc) is 2.67. The van der Waals surface area contributed by atoms with E-state index in [1.54, 1.807) is 37.4 Å². The molecule has 0 bridgehead atoms. The number of benzene rings is 2. The van der Waals surface area contributed by atoms with Gasteiger partial charge in [0.2, 0.25) is 0 Å². The van der Waals surface area contributed by atoms with E-state index in [-0.39, 0.29) is 12.4 Å². The fraction of sp³-hybridized carbons (Fsp3) is 0.100. The van der Waals surface area contributed by atoms with Crippen LogP contribution in [0, 0.1) is 5.82 Å². The molecule has 3 rings (SSSR count). The Morgan fingerprint density at radius 2 is 1.81 bits per heavy atom. The highest BCUT2D eigenvalue weighted by Crippen LogP contribution is 2.28. The zero-order chi connectivity index (χ0) is 18.4. The van der Waals surface area contributed by atoms with Crippen molar-refractivity contribution in [3.63, 3.8) is 0 Å². The van der Waals surface area contributed by atoms with E-state index in [4.69, 9.17) is 4.74 Å². The fourth-order valence-corrected chi connectivity index (χ4v) is 2.49. The van der Waals surface area contributed by atoms with Crippen LogP contribution in [-0.2, 0) is 6.54 Å². The van der Waals surface area contributed by atoms with Gasteiger partial charge < -0.3 is 10.1 Å². The molecule has 6 heteroatoms. The van der Waals surface area contributed by atoms with Crippen molar-refractivity contribution in [3.8, 4) is 17.0 Å². The van der Waals surface area contributed by atoms with E-state index in [0.717, 1.165) is 5.56 Å². The molecule has 132 valence electrons. The average molecular weight is 351 g/mol. The molecule has 0 aliphatic heterocycles. The quantitative estimate of drug-likeness (QED) is 0.723. The Morgan fingerprint density at radius 1 is 1.04 bits per heavy atom. The van der Waals surface area contributed by atoms with Crippen molar-refractivity contribution in [3.05, 3.63) is 78.1 Å². The normalized spacial score (nSPS) is 10.2. The minimum atomic E-state index is -0.460. The molecule has 3 aromatic rings. The molecule has 1 aromatic heterocycles. The zero-order valence-corrected chi connectivity index (χ0v) is 14.2. The number of carbonyl (C=O) groups excluding carboxylic acids is 1. The van der Waals surface area contributed by atoms with E-state index >= 15 is 0 Å². The van der Waals surface area contributed by atoms with E-state index in [1.807, 2.05) is 30.3 Å². The van der Waals surface area contributed by atoms with Gasteiger partial charge in [0.05, 0.1) is 12.8 Å². The van der Waals surface area contributed by atoms with Gasteiger partial charge in [-0.15, -0.1) is 0 Å². The number of amides is 2. The summed E-state index contributed by atoms with van der Waals surface area (Å²) in [5.74, 6) is 0.727. The Balaban J connectivity index is 1.69. The lowest BCUT2D eigenvalue weighted by Crippen LogP contribution is -2.28. The number of nitrogens with one attached hydrogen (secondary N) is 2. The number of anilines is 1. The SMILES string of the molecule is COc1ccccc1-c1cccc(NC(=O)NCc2ccccc2F)n1. The van der Waals surface area contributed by atoms with Gasteiger partial charge in [-0.25, -0.2) is 14.2 Å². The largest absolute Gasteiger partial charge is 0.496 e. The number of hydrogen-bond donors (Lipinski definition) is 2. The van der Waals surface area contributed by atoms with Crippen molar-refractivity contribution in [1.29, 1.82) is 0 Å². The standard InChI is InChI=1S/C20H18FN3O2/c1-26-18-11-5-3-8-15(18)17-10-6-12-19(23-17)24-20(25)22-13-14-7-2-4-9-16(14)21/h2-12H,13H2,1H3,(H2,22,23,24,25). The molecule has 5 nitrogen and oxygen atoms in total. The zero-order valence-electron chi connectivity index (χ0n) is 14.2. The predicted molar refractivity (Wildman–Crippen MR) is 98.5 cm³/mol. The number of methoxy groups -OCH3 is 1. The lowest BCUT2D eigenvalue weighted by Gasteiger charge is -2.10. The number of aromatic nitrogens is 1. The van der Waals surface area contributed by atoms with Crippen LogP contribution in [0.5, 0.6) is 5.75 Å². The summed E-state index contributed by atoms with van der Waals surface area (Å²) in [6.07, 6.45) is 0. The van der Waals surface area contributed by atoms with Crippen LogP contribution in [0.4, 0.5) is 15.0 Å². The van der Waals surface area contributed by atoms with E-state index < -0.39 is 6.03 Å². The smallest absolute Gasteiger partial charge is 0.320 e. The minimum absolute atomic E-state index is 0.0880. The molecule has 0 saturated carbocycles. The predicted octanol–water partition coefficient (Wildman–Crippen LogP) is 4.22. The van der Waals surface area contributed by atoms with Gasteiger partial charge in [-0.2, -0.15) is 0 Å². The molecule has 1 heterocycles. The van der Waals surface area contributed by atoms with E-state index in [0.29, 0.717) is 22.8 Å². The molecular formula is C20H18FN3O2. The molecular weight excluding hydrogens is 333 g/mol. The Bertz CT molecular complexity index is 915. The lowest BCUT2D eigenvalue weighted by molar-refractivity contribution is 0.251. The van der Waals surface area contributed by atoms with Gasteiger partial charge in [0.15, 0.2) is 0 Å². The van der Waals surface area contributed by atoms with Crippen LogP contribution in [-0.4, -0.2) is 18.1 Å². The summed E-state index contributed by atoms with van der Waals surface area (Å²) < 4.78 is 18.9. The first-order valence-corrected chi connectivity index (χ1v) is 8.06. The Labute approximate surface area is 150 Å². The highest BCUT2D eigenvalue weighted by molar-refractivity contribution is 5.88. The topological polar surface area (TPSA) is 63.2 Å². The summed E-state index contributed by atoms with van der Waals surface area (Å²) in [5, 5.41) is 5.27. The number of halogens is 1. The van der Waals surface area contributed by atoms with Crippen molar-refractivity contribution in [2.24, 2.45) is 0 Å². The van der Waals surface area contributed by atoms with E-state index in [1.165, 1.54) is 6.07 Å². The third-order valence-corrected chi connectivity index (χ3v) is 3.77. The van der Waals surface area contributed by atoms with Crippen LogP contribution in [0.2, 0.25) is 0 Å². The molecule has 26 heavy (non-hydrogen) atoms. The highest BCUT2D eigenvalue weighted by Gasteiger charge is 2.09. The van der Waals surface area contributed by atoms with Crippen molar-refractivity contribution in [2.45, 2.75) is 6.54 Å². The number of pyridine rings is 1. The fourth-order valence-electron chi connectivity index (χ4n) is 2.49. The number of rotatable bonds is 5. The first kappa shape index (κ1) is 17.4. The van der Waals surface area contributed by atoms with Gasteiger partial charge in [0.1, 0.15) is 17.4 Å². The minimum Gasteiger partial charge on any atom is -0.496 e. The Kier molecular flexibility index (Phi) is 5.43. The van der Waals surface area contributed by atoms with Crippen molar-refractivity contribution < 1.29 is 13.9 Å². The molecule has 2 N–H and O–H groups in total. The maximum Gasteiger partial charge on any atom is 0.320 e. The number of carbonyl (C=O) groups is 1. The molecule has 0 aliphatic rings. The second-order valence-corrected chi connectivity index (χ2v) is 5.51. The van der Waals surface area contributed by atoms with Crippen LogP contribution in [0.25, 0.3) is 11.3 Å². The summed E-state index contributed by atoms with van der Waals surface area (Å²) in [6, 6.07) is 18.6. The molecule has 0 atom stereocenters. The Morgan fingerprint density at radius 3 is 2.62 bits per heavy atom. The first-order valence-electron chi connectivity index (χ1n) is 8.06. The Hall–Kier alpha value is -3.41. The van der Waals surface area contributed by atoms with Crippen LogP contribution in [0.3, 0.4) is 0 Å². The van der Waals surface area contributed by atoms with Crippen LogP contribution in [0.1, 0.15) is 5.56 Å². The summed E-state index contributed by atoms with van der Waals surface area (Å²) in [5.41, 5.74) is 1.91. The van der Waals surface area contributed by atoms with Crippen molar-refractivity contribution in [1.82, 2.24) is 10.3 Å². The molecule has 0 fully saturated rings. The first-order chi connectivity index (χ1) is 12.7. The number of urea groups is 1. The molecule has 0 aliphatic carbocycles. The van der Waals surface area contributed by atoms with Crippen molar-refractivity contribution in [2.75, 3.05) is 12.4 Å². The highest BCUT2D eigenvalue weighted by atomic mass is 19.1. The number of hydrogen-bond acceptors (Lipinski definition) is 3. The van der Waals surface area contributed by atoms with Crippen LogP contribution >= 0.6 is 0 Å². The molecule has 0 unspecified atom stereocenters. The summed E-state index contributed by atoms with van der Waals surface area (Å²) in [7, 11) is 1.59. The molecule has 0 spiro atoms.